The summed E-state index contributed by atoms with van der Waals surface area (Å²) in [5, 5.41) is 0. The molecule has 32 heavy (non-hydrogen) atoms. The van der Waals surface area contributed by atoms with Crippen molar-refractivity contribution < 1.29 is 9.53 Å². The first-order valence-electron chi connectivity index (χ1n) is 12.0. The van der Waals surface area contributed by atoms with Crippen LogP contribution < -0.4 is 15.4 Å². The highest BCUT2D eigenvalue weighted by Crippen LogP contribution is 2.31. The van der Waals surface area contributed by atoms with Crippen molar-refractivity contribution in [2.45, 2.75) is 59.3 Å². The summed E-state index contributed by atoms with van der Waals surface area (Å²) in [7, 11) is 0. The number of benzene rings is 2. The third-order valence-corrected chi connectivity index (χ3v) is 6.05. The maximum absolute atomic E-state index is 11.8. The van der Waals surface area contributed by atoms with Gasteiger partial charge >= 0.3 is 0 Å². The maximum atomic E-state index is 11.8. The Kier molecular flexibility index (Phi) is 10.9. The number of allylic oxidation sites excluding steroid dienone is 1. The first kappa shape index (κ1) is 25.5. The number of hydrogen-bond donors (Lipinski definition) is 1. The van der Waals surface area contributed by atoms with Gasteiger partial charge in [0.25, 0.3) is 0 Å². The van der Waals surface area contributed by atoms with Crippen LogP contribution in [0.1, 0.15) is 67.4 Å². The van der Waals surface area contributed by atoms with Gasteiger partial charge in [-0.25, -0.2) is 0 Å². The molecule has 0 radical (unpaired) electrons. The number of primary amides is 1. The molecule has 0 bridgehead atoms. The Labute approximate surface area is 194 Å². The SMILES string of the molecule is C=CC[C@H](CC)CCN(CC)c1cc(C(N)=O)ccc1OCCCCc1cccc(C)c1. The zero-order valence-electron chi connectivity index (χ0n) is 20.1. The van der Waals surface area contributed by atoms with Gasteiger partial charge in [0, 0.05) is 18.7 Å². The fourth-order valence-electron chi connectivity index (χ4n) is 4.03. The molecule has 2 aromatic carbocycles. The number of rotatable bonds is 15. The molecule has 0 heterocycles. The zero-order valence-corrected chi connectivity index (χ0v) is 20.1. The highest BCUT2D eigenvalue weighted by atomic mass is 16.5. The van der Waals surface area contributed by atoms with Gasteiger partial charge in [-0.2, -0.15) is 0 Å². The summed E-state index contributed by atoms with van der Waals surface area (Å²) in [6, 6.07) is 14.2. The predicted octanol–water partition coefficient (Wildman–Crippen LogP) is 6.31. The first-order valence-corrected chi connectivity index (χ1v) is 12.0. The topological polar surface area (TPSA) is 55.6 Å². The van der Waals surface area contributed by atoms with E-state index >= 15 is 0 Å². The maximum Gasteiger partial charge on any atom is 0.248 e. The number of nitrogens with zero attached hydrogens (tertiary/aromatic N) is 1. The number of unbranched alkanes of at least 4 members (excludes halogenated alkanes) is 1. The molecular formula is C28H40N2O2. The number of anilines is 1. The Morgan fingerprint density at radius 3 is 2.66 bits per heavy atom. The molecule has 0 spiro atoms. The smallest absolute Gasteiger partial charge is 0.248 e. The van der Waals surface area contributed by atoms with Crippen molar-refractivity contribution in [3.63, 3.8) is 0 Å². The van der Waals surface area contributed by atoms with Crippen LogP contribution in [0, 0.1) is 12.8 Å². The minimum Gasteiger partial charge on any atom is -0.491 e. The van der Waals surface area contributed by atoms with Gasteiger partial charge in [0.05, 0.1) is 12.3 Å². The molecule has 2 aromatic rings. The molecule has 0 unspecified atom stereocenters. The van der Waals surface area contributed by atoms with E-state index in [4.69, 9.17) is 10.5 Å². The van der Waals surface area contributed by atoms with Crippen molar-refractivity contribution in [1.82, 2.24) is 0 Å². The summed E-state index contributed by atoms with van der Waals surface area (Å²) in [5.41, 5.74) is 9.70. The Bertz CT molecular complexity index is 862. The van der Waals surface area contributed by atoms with Gasteiger partial charge < -0.3 is 15.4 Å². The third kappa shape index (κ3) is 8.07. The Morgan fingerprint density at radius 2 is 2.00 bits per heavy atom. The largest absolute Gasteiger partial charge is 0.491 e. The first-order chi connectivity index (χ1) is 15.5. The van der Waals surface area contributed by atoms with Crippen LogP contribution in [0.2, 0.25) is 0 Å². The lowest BCUT2D eigenvalue weighted by molar-refractivity contribution is 0.100. The second kappa shape index (κ2) is 13.6. The molecule has 174 valence electrons. The standard InChI is InChI=1S/C28H40N2O2/c1-5-11-23(6-2)17-18-30(7-3)26-21-25(28(29)31)15-16-27(26)32-19-9-8-13-24-14-10-12-22(4)20-24/h5,10,12,14-16,20-21,23H,1,6-9,11,13,17-19H2,2-4H3,(H2,29,31)/t23-/m0/s1. The number of hydrogen-bond acceptors (Lipinski definition) is 3. The lowest BCUT2D eigenvalue weighted by atomic mass is 9.98. The van der Waals surface area contributed by atoms with E-state index in [9.17, 15) is 4.79 Å². The van der Waals surface area contributed by atoms with Crippen LogP contribution in [0.5, 0.6) is 5.75 Å². The molecule has 1 atom stereocenters. The zero-order chi connectivity index (χ0) is 23.3. The molecule has 0 aliphatic carbocycles. The van der Waals surface area contributed by atoms with Gasteiger partial charge in [-0.1, -0.05) is 49.2 Å². The fourth-order valence-corrected chi connectivity index (χ4v) is 4.03. The van der Waals surface area contributed by atoms with E-state index in [2.05, 4.69) is 56.5 Å². The second-order valence-electron chi connectivity index (χ2n) is 8.51. The van der Waals surface area contributed by atoms with Crippen LogP contribution in [0.15, 0.2) is 55.1 Å². The average Bonchev–Trinajstić information content (AvgIpc) is 2.79. The third-order valence-electron chi connectivity index (χ3n) is 6.05. The predicted molar refractivity (Wildman–Crippen MR) is 136 cm³/mol. The van der Waals surface area contributed by atoms with Gasteiger partial charge in [0.1, 0.15) is 5.75 Å². The summed E-state index contributed by atoms with van der Waals surface area (Å²) >= 11 is 0. The van der Waals surface area contributed by atoms with Gasteiger partial charge in [0.15, 0.2) is 0 Å². The molecule has 1 amide bonds. The van der Waals surface area contributed by atoms with Gasteiger partial charge in [0.2, 0.25) is 5.91 Å². The van der Waals surface area contributed by atoms with E-state index in [0.29, 0.717) is 18.1 Å². The van der Waals surface area contributed by atoms with Crippen molar-refractivity contribution in [2.75, 3.05) is 24.6 Å². The Hall–Kier alpha value is -2.75. The monoisotopic (exact) mass is 436 g/mol. The second-order valence-corrected chi connectivity index (χ2v) is 8.51. The molecule has 0 fully saturated rings. The van der Waals surface area contributed by atoms with E-state index in [1.54, 1.807) is 6.07 Å². The molecule has 0 aliphatic rings. The van der Waals surface area contributed by atoms with Gasteiger partial charge in [-0.05, 0) is 75.6 Å². The fraction of sp³-hybridized carbons (Fsp3) is 0.464. The highest BCUT2D eigenvalue weighted by Gasteiger charge is 2.16. The summed E-state index contributed by atoms with van der Waals surface area (Å²) in [6.45, 7) is 12.8. The van der Waals surface area contributed by atoms with Crippen molar-refractivity contribution in [3.05, 3.63) is 71.8 Å². The number of aryl methyl sites for hydroxylation is 2. The van der Waals surface area contributed by atoms with E-state index < -0.39 is 5.91 Å². The van der Waals surface area contributed by atoms with Crippen molar-refractivity contribution >= 4 is 11.6 Å². The van der Waals surface area contributed by atoms with Crippen molar-refractivity contribution in [3.8, 4) is 5.75 Å². The molecule has 2 N–H and O–H groups in total. The number of carbonyl (C=O) groups is 1. The molecule has 0 saturated carbocycles. The van der Waals surface area contributed by atoms with E-state index in [1.807, 2.05) is 18.2 Å². The van der Waals surface area contributed by atoms with E-state index in [0.717, 1.165) is 63.1 Å². The molecule has 0 saturated heterocycles. The van der Waals surface area contributed by atoms with Crippen LogP contribution in [0.25, 0.3) is 0 Å². The van der Waals surface area contributed by atoms with Crippen LogP contribution in [0.4, 0.5) is 5.69 Å². The van der Waals surface area contributed by atoms with Crippen LogP contribution >= 0.6 is 0 Å². The summed E-state index contributed by atoms with van der Waals surface area (Å²) < 4.78 is 6.19. The van der Waals surface area contributed by atoms with Crippen LogP contribution in [0.3, 0.4) is 0 Å². The molecule has 2 rings (SSSR count). The number of nitrogens with two attached hydrogens (primary N) is 1. The summed E-state index contributed by atoms with van der Waals surface area (Å²) in [5.74, 6) is 1.03. The quantitative estimate of drug-likeness (QED) is 0.263. The number of amides is 1. The van der Waals surface area contributed by atoms with Gasteiger partial charge in [-0.15, -0.1) is 6.58 Å². The average molecular weight is 437 g/mol. The minimum absolute atomic E-state index is 0.412. The van der Waals surface area contributed by atoms with Gasteiger partial charge in [-0.3, -0.25) is 4.79 Å². The Balaban J connectivity index is 2.02. The number of carbonyl (C=O) groups excluding carboxylic acids is 1. The molecule has 0 aromatic heterocycles. The van der Waals surface area contributed by atoms with Crippen LogP contribution in [-0.4, -0.2) is 25.6 Å². The lowest BCUT2D eigenvalue weighted by Gasteiger charge is -2.27. The Morgan fingerprint density at radius 1 is 1.19 bits per heavy atom. The minimum atomic E-state index is -0.412. The van der Waals surface area contributed by atoms with E-state index in [-0.39, 0.29) is 0 Å². The number of ether oxygens (including phenoxy) is 1. The molecule has 4 heteroatoms. The highest BCUT2D eigenvalue weighted by molar-refractivity contribution is 5.94. The lowest BCUT2D eigenvalue weighted by Crippen LogP contribution is -2.27. The molecule has 0 aliphatic heterocycles. The summed E-state index contributed by atoms with van der Waals surface area (Å²) in [6.07, 6.45) is 8.36. The van der Waals surface area contributed by atoms with Crippen molar-refractivity contribution in [1.29, 1.82) is 0 Å². The summed E-state index contributed by atoms with van der Waals surface area (Å²) in [4.78, 5) is 14.1. The normalized spacial score (nSPS) is 11.7. The molecule has 4 nitrogen and oxygen atoms in total. The van der Waals surface area contributed by atoms with E-state index in [1.165, 1.54) is 11.1 Å². The van der Waals surface area contributed by atoms with Crippen LogP contribution in [-0.2, 0) is 6.42 Å². The van der Waals surface area contributed by atoms with Crippen molar-refractivity contribution in [2.24, 2.45) is 11.7 Å². The molecular weight excluding hydrogens is 396 g/mol.